The first-order valence-corrected chi connectivity index (χ1v) is 4.96. The third kappa shape index (κ3) is 3.96. The highest BCUT2D eigenvalue weighted by molar-refractivity contribution is 6.30. The van der Waals surface area contributed by atoms with E-state index >= 15 is 0 Å². The molecule has 1 atom stereocenters. The summed E-state index contributed by atoms with van der Waals surface area (Å²) in [7, 11) is 1.81. The molecular weight excluding hydrogens is 174 g/mol. The van der Waals surface area contributed by atoms with Gasteiger partial charge in [-0.2, -0.15) is 0 Å². The Bertz CT molecular complexity index is 138. The van der Waals surface area contributed by atoms with Gasteiger partial charge in [0.15, 0.2) is 0 Å². The molecule has 0 heterocycles. The van der Waals surface area contributed by atoms with E-state index in [2.05, 4.69) is 6.92 Å². The van der Waals surface area contributed by atoms with Crippen LogP contribution in [0.1, 0.15) is 33.1 Å². The Balaban J connectivity index is 3.75. The first kappa shape index (κ1) is 11.8. The molecule has 3 heteroatoms. The van der Waals surface area contributed by atoms with Gasteiger partial charge in [-0.3, -0.25) is 4.79 Å². The van der Waals surface area contributed by atoms with Crippen molar-refractivity contribution >= 4 is 17.5 Å². The van der Waals surface area contributed by atoms with Gasteiger partial charge in [0.1, 0.15) is 5.38 Å². The van der Waals surface area contributed by atoms with Crippen LogP contribution in [0.15, 0.2) is 0 Å². The fourth-order valence-electron chi connectivity index (χ4n) is 0.919. The number of rotatable bonds is 5. The van der Waals surface area contributed by atoms with Crippen LogP contribution in [0.3, 0.4) is 0 Å². The van der Waals surface area contributed by atoms with Crippen molar-refractivity contribution < 1.29 is 4.79 Å². The van der Waals surface area contributed by atoms with Crippen LogP contribution in [0.4, 0.5) is 0 Å². The summed E-state index contributed by atoms with van der Waals surface area (Å²) in [4.78, 5) is 13.1. The normalized spacial score (nSPS) is 12.7. The highest BCUT2D eigenvalue weighted by Crippen LogP contribution is 2.05. The van der Waals surface area contributed by atoms with Crippen LogP contribution in [-0.2, 0) is 4.79 Å². The molecule has 0 bridgehead atoms. The molecule has 0 aliphatic heterocycles. The Labute approximate surface area is 79.9 Å². The molecule has 0 aliphatic carbocycles. The average molecular weight is 192 g/mol. The summed E-state index contributed by atoms with van der Waals surface area (Å²) < 4.78 is 0. The highest BCUT2D eigenvalue weighted by atomic mass is 35.5. The molecule has 0 radical (unpaired) electrons. The molecule has 0 aromatic rings. The Kier molecular flexibility index (Phi) is 6.17. The zero-order valence-corrected chi connectivity index (χ0v) is 8.90. The summed E-state index contributed by atoms with van der Waals surface area (Å²) in [5.41, 5.74) is 0. The lowest BCUT2D eigenvalue weighted by molar-refractivity contribution is -0.129. The monoisotopic (exact) mass is 191 g/mol. The molecule has 0 unspecified atom stereocenters. The number of carbonyl (C=O) groups is 1. The third-order valence-electron chi connectivity index (χ3n) is 1.85. The van der Waals surface area contributed by atoms with E-state index in [4.69, 9.17) is 11.6 Å². The van der Waals surface area contributed by atoms with E-state index in [9.17, 15) is 4.79 Å². The molecule has 72 valence electrons. The van der Waals surface area contributed by atoms with E-state index in [-0.39, 0.29) is 11.3 Å². The number of alkyl halides is 1. The van der Waals surface area contributed by atoms with Gasteiger partial charge in [0.05, 0.1) is 0 Å². The predicted octanol–water partition coefficient (Wildman–Crippen LogP) is 2.26. The molecule has 0 aromatic heterocycles. The second kappa shape index (κ2) is 6.30. The molecule has 1 amide bonds. The van der Waals surface area contributed by atoms with Crippen LogP contribution in [0.2, 0.25) is 0 Å². The summed E-state index contributed by atoms with van der Waals surface area (Å²) >= 11 is 5.80. The van der Waals surface area contributed by atoms with Gasteiger partial charge in [-0.25, -0.2) is 0 Å². The van der Waals surface area contributed by atoms with Gasteiger partial charge in [0.2, 0.25) is 5.91 Å². The van der Waals surface area contributed by atoms with E-state index in [0.717, 1.165) is 19.4 Å². The van der Waals surface area contributed by atoms with Gasteiger partial charge in [0.25, 0.3) is 0 Å². The number of nitrogens with zero attached hydrogens (tertiary/aromatic N) is 1. The van der Waals surface area contributed by atoms with Gasteiger partial charge in [0, 0.05) is 13.6 Å². The van der Waals surface area contributed by atoms with Crippen LogP contribution in [0.5, 0.6) is 0 Å². The smallest absolute Gasteiger partial charge is 0.240 e. The van der Waals surface area contributed by atoms with Gasteiger partial charge >= 0.3 is 0 Å². The van der Waals surface area contributed by atoms with Crippen LogP contribution < -0.4 is 0 Å². The van der Waals surface area contributed by atoms with Gasteiger partial charge < -0.3 is 4.90 Å². The molecule has 0 aromatic carbocycles. The van der Waals surface area contributed by atoms with E-state index in [1.807, 2.05) is 14.0 Å². The summed E-state index contributed by atoms with van der Waals surface area (Å²) in [5.74, 6) is 0.0487. The number of hydrogen-bond donors (Lipinski definition) is 0. The maximum atomic E-state index is 11.4. The van der Waals surface area contributed by atoms with Crippen molar-refractivity contribution in [2.45, 2.75) is 38.5 Å². The Morgan fingerprint density at radius 1 is 1.50 bits per heavy atom. The second-order valence-corrected chi connectivity index (χ2v) is 3.52. The minimum absolute atomic E-state index is 0.0487. The summed E-state index contributed by atoms with van der Waals surface area (Å²) in [5, 5.41) is -0.341. The first-order valence-electron chi connectivity index (χ1n) is 4.52. The maximum Gasteiger partial charge on any atom is 0.240 e. The molecule has 0 saturated carbocycles. The quantitative estimate of drug-likeness (QED) is 0.611. The highest BCUT2D eigenvalue weighted by Gasteiger charge is 2.16. The van der Waals surface area contributed by atoms with Gasteiger partial charge in [-0.1, -0.05) is 20.3 Å². The van der Waals surface area contributed by atoms with Crippen molar-refractivity contribution in [3.05, 3.63) is 0 Å². The number of amides is 1. The molecule has 0 rings (SSSR count). The van der Waals surface area contributed by atoms with Gasteiger partial charge in [-0.05, 0) is 12.8 Å². The molecule has 0 spiro atoms. The Morgan fingerprint density at radius 3 is 2.50 bits per heavy atom. The molecule has 0 N–H and O–H groups in total. The van der Waals surface area contributed by atoms with Crippen molar-refractivity contribution in [1.29, 1.82) is 0 Å². The van der Waals surface area contributed by atoms with Crippen LogP contribution in [-0.4, -0.2) is 29.8 Å². The number of hydrogen-bond acceptors (Lipinski definition) is 1. The standard InChI is InChI=1S/C9H18ClNO/c1-4-6-7-11(3)9(12)8(10)5-2/h8H,4-7H2,1-3H3/t8-/m0/s1. The lowest BCUT2D eigenvalue weighted by Gasteiger charge is -2.18. The minimum atomic E-state index is -0.341. The maximum absolute atomic E-state index is 11.4. The fraction of sp³-hybridized carbons (Fsp3) is 0.889. The topological polar surface area (TPSA) is 20.3 Å². The average Bonchev–Trinajstić information content (AvgIpc) is 2.11. The van der Waals surface area contributed by atoms with Gasteiger partial charge in [-0.15, -0.1) is 11.6 Å². The molecule has 0 saturated heterocycles. The molecule has 0 fully saturated rings. The summed E-state index contributed by atoms with van der Waals surface area (Å²) in [6.07, 6.45) is 2.86. The SMILES string of the molecule is CCCCN(C)C(=O)[C@@H](Cl)CC. The van der Waals surface area contributed by atoms with Crippen LogP contribution in [0, 0.1) is 0 Å². The van der Waals surface area contributed by atoms with E-state index in [1.165, 1.54) is 0 Å². The number of carbonyl (C=O) groups excluding carboxylic acids is 1. The van der Waals surface area contributed by atoms with E-state index in [0.29, 0.717) is 6.42 Å². The summed E-state index contributed by atoms with van der Waals surface area (Å²) in [6.45, 7) is 4.85. The molecular formula is C9H18ClNO. The second-order valence-electron chi connectivity index (χ2n) is 2.99. The van der Waals surface area contributed by atoms with E-state index < -0.39 is 0 Å². The number of unbranched alkanes of at least 4 members (excludes halogenated alkanes) is 1. The Morgan fingerprint density at radius 2 is 2.08 bits per heavy atom. The summed E-state index contributed by atoms with van der Waals surface area (Å²) in [6, 6.07) is 0. The zero-order valence-electron chi connectivity index (χ0n) is 8.14. The van der Waals surface area contributed by atoms with Crippen molar-refractivity contribution in [2.24, 2.45) is 0 Å². The predicted molar refractivity (Wildman–Crippen MR) is 52.5 cm³/mol. The minimum Gasteiger partial charge on any atom is -0.344 e. The molecule has 2 nitrogen and oxygen atoms in total. The van der Waals surface area contributed by atoms with E-state index in [1.54, 1.807) is 4.90 Å². The fourth-order valence-corrected chi connectivity index (χ4v) is 1.09. The van der Waals surface area contributed by atoms with Crippen molar-refractivity contribution in [2.75, 3.05) is 13.6 Å². The Hall–Kier alpha value is -0.240. The van der Waals surface area contributed by atoms with Crippen molar-refractivity contribution in [3.63, 3.8) is 0 Å². The molecule has 0 aliphatic rings. The largest absolute Gasteiger partial charge is 0.344 e. The van der Waals surface area contributed by atoms with Crippen molar-refractivity contribution in [3.8, 4) is 0 Å². The first-order chi connectivity index (χ1) is 5.63. The lowest BCUT2D eigenvalue weighted by atomic mass is 10.2. The number of halogens is 1. The van der Waals surface area contributed by atoms with Crippen LogP contribution >= 0.6 is 11.6 Å². The lowest BCUT2D eigenvalue weighted by Crippen LogP contribution is -2.33. The third-order valence-corrected chi connectivity index (χ3v) is 2.34. The van der Waals surface area contributed by atoms with Crippen molar-refractivity contribution in [1.82, 2.24) is 4.90 Å². The molecule has 12 heavy (non-hydrogen) atoms. The van der Waals surface area contributed by atoms with Crippen LogP contribution in [0.25, 0.3) is 0 Å². The zero-order chi connectivity index (χ0) is 9.56.